The van der Waals surface area contributed by atoms with Crippen molar-refractivity contribution in [3.05, 3.63) is 29.4 Å². The van der Waals surface area contributed by atoms with Gasteiger partial charge in [0.1, 0.15) is 16.6 Å². The van der Waals surface area contributed by atoms with Gasteiger partial charge in [-0.25, -0.2) is 15.0 Å². The molecule has 3 aliphatic heterocycles. The minimum Gasteiger partial charge on any atom is -0.394 e. The van der Waals surface area contributed by atoms with Crippen molar-refractivity contribution in [3.8, 4) is 0 Å². The summed E-state index contributed by atoms with van der Waals surface area (Å²) in [5.74, 6) is 3.04. The average molecular weight is 447 g/mol. The molecule has 2 saturated carbocycles. The lowest BCUT2D eigenvalue weighted by molar-refractivity contribution is 0.119. The zero-order valence-corrected chi connectivity index (χ0v) is 18.0. The van der Waals surface area contributed by atoms with E-state index in [1.807, 2.05) is 0 Å². The van der Waals surface area contributed by atoms with E-state index in [2.05, 4.69) is 24.8 Å². The van der Waals surface area contributed by atoms with Crippen molar-refractivity contribution in [2.24, 2.45) is 0 Å². The number of anilines is 2. The predicted molar refractivity (Wildman–Crippen MR) is 113 cm³/mol. The molecule has 0 aromatic carbocycles. The molecule has 158 valence electrons. The molecule has 4 fully saturated rings. The number of rotatable bonds is 4. The monoisotopic (exact) mass is 446 g/mol. The van der Waals surface area contributed by atoms with Gasteiger partial charge >= 0.3 is 0 Å². The first-order valence-electron chi connectivity index (χ1n) is 10.5. The van der Waals surface area contributed by atoms with Crippen LogP contribution in [0.25, 0.3) is 0 Å². The molecular formula is C20H23ClN6O2S. The van der Waals surface area contributed by atoms with Crippen molar-refractivity contribution >= 4 is 34.2 Å². The fourth-order valence-electron chi connectivity index (χ4n) is 5.48. The molecule has 3 atom stereocenters. The zero-order chi connectivity index (χ0) is 20.5. The lowest BCUT2D eigenvalue weighted by Gasteiger charge is -2.55. The van der Waals surface area contributed by atoms with Gasteiger partial charge in [-0.05, 0) is 38.5 Å². The lowest BCUT2D eigenvalue weighted by Crippen LogP contribution is -2.61. The van der Waals surface area contributed by atoms with Gasteiger partial charge < -0.3 is 14.9 Å². The molecule has 2 aromatic rings. The molecule has 10 heteroatoms. The van der Waals surface area contributed by atoms with Crippen molar-refractivity contribution in [2.45, 2.75) is 67.0 Å². The molecule has 5 heterocycles. The second-order valence-corrected chi connectivity index (χ2v) is 10.7. The molecule has 8 nitrogen and oxygen atoms in total. The molecule has 2 bridgehead atoms. The van der Waals surface area contributed by atoms with Crippen LogP contribution in [0.1, 0.15) is 50.3 Å². The molecular weight excluding hydrogens is 424 g/mol. The predicted octanol–water partition coefficient (Wildman–Crippen LogP) is 2.24. The summed E-state index contributed by atoms with van der Waals surface area (Å²) in [6, 6.07) is 0.726. The molecule has 2 aliphatic carbocycles. The third-order valence-corrected chi connectivity index (χ3v) is 8.77. The van der Waals surface area contributed by atoms with E-state index in [9.17, 15) is 9.32 Å². The standard InChI is InChI=1S/C20H23ClN6O2S/c21-13-7-22-17(23-8-13)12-4-14-6-15(5-12)27(14)19-24-9-16-18(25-19)26(11-30(16)29)20(10-28)2-1-3-20/h7-9,12,14-15,28H,1-6,10-11H2/t12?,14?,15?,30-/m0/s1. The van der Waals surface area contributed by atoms with Gasteiger partial charge in [-0.3, -0.25) is 4.21 Å². The number of piperidine rings is 1. The van der Waals surface area contributed by atoms with Gasteiger partial charge in [-0.15, -0.1) is 0 Å². The second kappa shape index (κ2) is 6.83. The largest absolute Gasteiger partial charge is 0.394 e. The number of nitrogens with zero attached hydrogens (tertiary/aromatic N) is 6. The van der Waals surface area contributed by atoms with Crippen molar-refractivity contribution in [1.82, 2.24) is 19.9 Å². The topological polar surface area (TPSA) is 95.3 Å². The van der Waals surface area contributed by atoms with Crippen molar-refractivity contribution < 1.29 is 9.32 Å². The maximum absolute atomic E-state index is 12.6. The van der Waals surface area contributed by atoms with Crippen LogP contribution in [0.3, 0.4) is 0 Å². The number of halogens is 1. The molecule has 0 radical (unpaired) electrons. The van der Waals surface area contributed by atoms with Crippen LogP contribution in [0.5, 0.6) is 0 Å². The number of hydrogen-bond acceptors (Lipinski definition) is 8. The molecule has 1 N–H and O–H groups in total. The van der Waals surface area contributed by atoms with Crippen LogP contribution in [-0.4, -0.2) is 59.4 Å². The first-order chi connectivity index (χ1) is 14.6. The Kier molecular flexibility index (Phi) is 4.30. The number of hydrogen-bond donors (Lipinski definition) is 1. The van der Waals surface area contributed by atoms with Crippen LogP contribution in [0, 0.1) is 0 Å². The van der Waals surface area contributed by atoms with Crippen LogP contribution in [0.15, 0.2) is 23.5 Å². The van der Waals surface area contributed by atoms with Crippen LogP contribution in [0.2, 0.25) is 5.02 Å². The van der Waals surface area contributed by atoms with Gasteiger partial charge in [-0.1, -0.05) is 11.6 Å². The summed E-state index contributed by atoms with van der Waals surface area (Å²) in [6.07, 6.45) is 11.0. The maximum atomic E-state index is 12.6. The first-order valence-corrected chi connectivity index (χ1v) is 12.2. The summed E-state index contributed by atoms with van der Waals surface area (Å²) < 4.78 is 12.6. The Bertz CT molecular complexity index is 999. The first kappa shape index (κ1) is 18.9. The van der Waals surface area contributed by atoms with Gasteiger partial charge in [0, 0.05) is 30.4 Å². The second-order valence-electron chi connectivity index (χ2n) is 8.87. The van der Waals surface area contributed by atoms with E-state index in [1.165, 1.54) is 0 Å². The van der Waals surface area contributed by atoms with Gasteiger partial charge in [0.2, 0.25) is 5.95 Å². The molecule has 2 saturated heterocycles. The summed E-state index contributed by atoms with van der Waals surface area (Å²) in [7, 11) is -1.14. The van der Waals surface area contributed by atoms with E-state index in [1.54, 1.807) is 18.6 Å². The quantitative estimate of drug-likeness (QED) is 0.764. The third-order valence-electron chi connectivity index (χ3n) is 7.30. The van der Waals surface area contributed by atoms with Crippen molar-refractivity contribution in [3.63, 3.8) is 0 Å². The van der Waals surface area contributed by atoms with Gasteiger partial charge in [-0.2, -0.15) is 4.98 Å². The smallest absolute Gasteiger partial charge is 0.227 e. The fourth-order valence-corrected chi connectivity index (χ4v) is 6.88. The Morgan fingerprint density at radius 1 is 1.13 bits per heavy atom. The molecule has 30 heavy (non-hydrogen) atoms. The highest BCUT2D eigenvalue weighted by atomic mass is 35.5. The van der Waals surface area contributed by atoms with E-state index in [4.69, 9.17) is 16.6 Å². The molecule has 0 amide bonds. The molecule has 2 unspecified atom stereocenters. The minimum absolute atomic E-state index is 0.0702. The fraction of sp³-hybridized carbons (Fsp3) is 0.600. The number of aliphatic hydroxyl groups excluding tert-OH is 1. The van der Waals surface area contributed by atoms with Crippen LogP contribution >= 0.6 is 11.6 Å². The van der Waals surface area contributed by atoms with Crippen molar-refractivity contribution in [2.75, 3.05) is 22.3 Å². The van der Waals surface area contributed by atoms with E-state index in [0.717, 1.165) is 50.2 Å². The van der Waals surface area contributed by atoms with Crippen molar-refractivity contribution in [1.29, 1.82) is 0 Å². The zero-order valence-electron chi connectivity index (χ0n) is 16.4. The maximum Gasteiger partial charge on any atom is 0.227 e. The minimum atomic E-state index is -1.14. The summed E-state index contributed by atoms with van der Waals surface area (Å²) >= 11 is 5.93. The van der Waals surface area contributed by atoms with Gasteiger partial charge in [0.15, 0.2) is 5.82 Å². The SMILES string of the molecule is O=[S@]1CN(C2(CO)CCC2)c2nc(N3C4CC(c5ncc(Cl)cn5)CC3C4)ncc21. The Hall–Kier alpha value is -1.84. The molecule has 5 aliphatic rings. The summed E-state index contributed by atoms with van der Waals surface area (Å²) in [5.41, 5.74) is -0.311. The number of aromatic nitrogens is 4. The highest BCUT2D eigenvalue weighted by Crippen LogP contribution is 2.48. The Morgan fingerprint density at radius 3 is 2.50 bits per heavy atom. The summed E-state index contributed by atoms with van der Waals surface area (Å²) in [6.45, 7) is 0.0702. The Labute approximate surface area is 182 Å². The molecule has 2 aromatic heterocycles. The van der Waals surface area contributed by atoms with Crippen LogP contribution in [-0.2, 0) is 10.8 Å². The van der Waals surface area contributed by atoms with E-state index in [-0.39, 0.29) is 12.1 Å². The summed E-state index contributed by atoms with van der Waals surface area (Å²) in [5, 5.41) is 10.6. The van der Waals surface area contributed by atoms with Crippen LogP contribution in [0.4, 0.5) is 11.8 Å². The van der Waals surface area contributed by atoms with Gasteiger partial charge in [0.25, 0.3) is 0 Å². The molecule has 7 rings (SSSR count). The Balaban J connectivity index is 1.26. The molecule has 0 spiro atoms. The third kappa shape index (κ3) is 2.71. The van der Waals surface area contributed by atoms with E-state index < -0.39 is 10.8 Å². The lowest BCUT2D eigenvalue weighted by atomic mass is 9.73. The number of aliphatic hydroxyl groups is 1. The summed E-state index contributed by atoms with van der Waals surface area (Å²) in [4.78, 5) is 23.4. The normalized spacial score (nSPS) is 31.1. The van der Waals surface area contributed by atoms with Gasteiger partial charge in [0.05, 0.1) is 34.2 Å². The highest BCUT2D eigenvalue weighted by Gasteiger charge is 2.50. The Morgan fingerprint density at radius 2 is 1.87 bits per heavy atom. The average Bonchev–Trinajstić information content (AvgIpc) is 3.04. The number of fused-ring (bicyclic) bond motifs is 3. The highest BCUT2D eigenvalue weighted by molar-refractivity contribution is 7.85. The van der Waals surface area contributed by atoms with Crippen LogP contribution < -0.4 is 9.80 Å². The van der Waals surface area contributed by atoms with E-state index in [0.29, 0.717) is 39.7 Å². The van der Waals surface area contributed by atoms with E-state index >= 15 is 0 Å².